The summed E-state index contributed by atoms with van der Waals surface area (Å²) in [6, 6.07) is 13.3. The predicted octanol–water partition coefficient (Wildman–Crippen LogP) is 3.81. The molecule has 2 N–H and O–H groups in total. The maximum atomic E-state index is 12.3. The third-order valence-electron chi connectivity index (χ3n) is 3.42. The van der Waals surface area contributed by atoms with Gasteiger partial charge in [-0.1, -0.05) is 41.9 Å². The lowest BCUT2D eigenvalue weighted by molar-refractivity contribution is 0.346. The van der Waals surface area contributed by atoms with E-state index in [-0.39, 0.29) is 16.8 Å². The molecule has 0 saturated heterocycles. The zero-order valence-corrected chi connectivity index (χ0v) is 15.7. The van der Waals surface area contributed by atoms with Crippen LogP contribution in [0.2, 0.25) is 4.34 Å². The Bertz CT molecular complexity index is 742. The third kappa shape index (κ3) is 5.29. The van der Waals surface area contributed by atoms with Gasteiger partial charge in [-0.2, -0.15) is 0 Å². The van der Waals surface area contributed by atoms with Gasteiger partial charge >= 0.3 is 0 Å². The molecule has 0 aliphatic rings. The topological polar surface area (TPSA) is 58.2 Å². The summed E-state index contributed by atoms with van der Waals surface area (Å²) < 4.78 is 27.9. The van der Waals surface area contributed by atoms with Crippen LogP contribution >= 0.6 is 22.9 Å². The highest BCUT2D eigenvalue weighted by atomic mass is 35.5. The maximum Gasteiger partial charge on any atom is 0.250 e. The van der Waals surface area contributed by atoms with E-state index in [0.717, 1.165) is 16.9 Å². The molecule has 0 amide bonds. The Labute approximate surface area is 146 Å². The van der Waals surface area contributed by atoms with E-state index in [1.165, 1.54) is 6.07 Å². The van der Waals surface area contributed by atoms with Gasteiger partial charge in [-0.3, -0.25) is 0 Å². The molecule has 1 atom stereocenters. The zero-order chi connectivity index (χ0) is 17.1. The molecule has 0 aliphatic carbocycles. The number of rotatable bonds is 7. The lowest BCUT2D eigenvalue weighted by Crippen LogP contribution is -2.49. The average molecular weight is 373 g/mol. The summed E-state index contributed by atoms with van der Waals surface area (Å²) in [5, 5.41) is 3.45. The normalized spacial score (nSPS) is 13.9. The van der Waals surface area contributed by atoms with Crippen LogP contribution < -0.4 is 10.0 Å². The monoisotopic (exact) mass is 372 g/mol. The molecule has 0 aliphatic heterocycles. The Morgan fingerprint density at radius 3 is 2.39 bits per heavy atom. The van der Waals surface area contributed by atoms with Crippen LogP contribution in [0.5, 0.6) is 0 Å². The molecule has 0 radical (unpaired) electrons. The van der Waals surface area contributed by atoms with Gasteiger partial charge in [0.25, 0.3) is 0 Å². The lowest BCUT2D eigenvalue weighted by atomic mass is 10.0. The second kappa shape index (κ2) is 7.32. The first-order chi connectivity index (χ1) is 10.7. The first kappa shape index (κ1) is 18.4. The van der Waals surface area contributed by atoms with Gasteiger partial charge in [0, 0.05) is 18.1 Å². The standard InChI is InChI=1S/C16H21ClN2O2S2/c1-12(13-7-5-4-6-8-13)19-16(2,3)11-18-23(20,21)15-10-9-14(17)22-15/h4-10,12,18-19H,11H2,1-3H3. The summed E-state index contributed by atoms with van der Waals surface area (Å²) >= 11 is 6.86. The van der Waals surface area contributed by atoms with E-state index in [1.54, 1.807) is 6.07 Å². The molecular weight excluding hydrogens is 352 g/mol. The van der Waals surface area contributed by atoms with E-state index in [9.17, 15) is 8.42 Å². The lowest BCUT2D eigenvalue weighted by Gasteiger charge is -2.30. The van der Waals surface area contributed by atoms with Gasteiger partial charge < -0.3 is 5.32 Å². The van der Waals surface area contributed by atoms with Crippen molar-refractivity contribution in [2.75, 3.05) is 6.54 Å². The summed E-state index contributed by atoms with van der Waals surface area (Å²) in [5.41, 5.74) is 0.761. The molecule has 126 valence electrons. The van der Waals surface area contributed by atoms with E-state index < -0.39 is 15.6 Å². The quantitative estimate of drug-likeness (QED) is 0.777. The summed E-state index contributed by atoms with van der Waals surface area (Å²) in [6.45, 7) is 6.28. The Hall–Kier alpha value is -0.920. The van der Waals surface area contributed by atoms with Crippen molar-refractivity contribution < 1.29 is 8.42 Å². The highest BCUT2D eigenvalue weighted by molar-refractivity contribution is 7.91. The van der Waals surface area contributed by atoms with Gasteiger partial charge in [0.15, 0.2) is 0 Å². The molecule has 2 rings (SSSR count). The smallest absolute Gasteiger partial charge is 0.250 e. The molecule has 0 spiro atoms. The predicted molar refractivity (Wildman–Crippen MR) is 96.6 cm³/mol. The van der Waals surface area contributed by atoms with Crippen molar-refractivity contribution in [3.05, 3.63) is 52.4 Å². The largest absolute Gasteiger partial charge is 0.304 e. The molecule has 4 nitrogen and oxygen atoms in total. The molecule has 23 heavy (non-hydrogen) atoms. The fourth-order valence-electron chi connectivity index (χ4n) is 2.25. The summed E-state index contributed by atoms with van der Waals surface area (Å²) in [7, 11) is -3.53. The SMILES string of the molecule is CC(NC(C)(C)CNS(=O)(=O)c1ccc(Cl)s1)c1ccccc1. The fraction of sp³-hybridized carbons (Fsp3) is 0.375. The highest BCUT2D eigenvalue weighted by Gasteiger charge is 2.25. The van der Waals surface area contributed by atoms with Crippen LogP contribution in [-0.4, -0.2) is 20.5 Å². The van der Waals surface area contributed by atoms with Crippen molar-refractivity contribution in [1.29, 1.82) is 0 Å². The number of halogens is 1. The first-order valence-corrected chi connectivity index (χ1v) is 9.95. The van der Waals surface area contributed by atoms with Crippen LogP contribution in [0.4, 0.5) is 0 Å². The first-order valence-electron chi connectivity index (χ1n) is 7.27. The Morgan fingerprint density at radius 1 is 1.17 bits per heavy atom. The average Bonchev–Trinajstić information content (AvgIpc) is 2.93. The molecule has 1 heterocycles. The number of sulfonamides is 1. The van der Waals surface area contributed by atoms with Crippen molar-refractivity contribution in [2.45, 2.75) is 36.6 Å². The van der Waals surface area contributed by atoms with Gasteiger partial charge in [-0.25, -0.2) is 13.1 Å². The summed E-state index contributed by atoms with van der Waals surface area (Å²) in [4.78, 5) is 0. The number of thiophene rings is 1. The molecule has 0 bridgehead atoms. The molecule has 0 fully saturated rings. The van der Waals surface area contributed by atoms with Crippen LogP contribution in [0, 0.1) is 0 Å². The van der Waals surface area contributed by atoms with E-state index in [0.29, 0.717) is 4.34 Å². The zero-order valence-electron chi connectivity index (χ0n) is 13.3. The number of hydrogen-bond acceptors (Lipinski definition) is 4. The Kier molecular flexibility index (Phi) is 5.86. The molecular formula is C16H21ClN2O2S2. The van der Waals surface area contributed by atoms with Gasteiger partial charge in [-0.15, -0.1) is 11.3 Å². The van der Waals surface area contributed by atoms with E-state index >= 15 is 0 Å². The van der Waals surface area contributed by atoms with E-state index in [4.69, 9.17) is 11.6 Å². The Balaban J connectivity index is 1.98. The number of hydrogen-bond donors (Lipinski definition) is 2. The van der Waals surface area contributed by atoms with Crippen molar-refractivity contribution in [3.8, 4) is 0 Å². The van der Waals surface area contributed by atoms with Crippen LogP contribution in [0.25, 0.3) is 0 Å². The highest BCUT2D eigenvalue weighted by Crippen LogP contribution is 2.25. The van der Waals surface area contributed by atoms with E-state index in [1.807, 2.05) is 44.2 Å². The van der Waals surface area contributed by atoms with Gasteiger partial charge in [0.05, 0.1) is 4.34 Å². The van der Waals surface area contributed by atoms with Gasteiger partial charge in [0.2, 0.25) is 10.0 Å². The van der Waals surface area contributed by atoms with Crippen LogP contribution in [0.15, 0.2) is 46.7 Å². The molecule has 1 unspecified atom stereocenters. The molecule has 0 saturated carbocycles. The number of nitrogens with one attached hydrogen (secondary N) is 2. The summed E-state index contributed by atoms with van der Waals surface area (Å²) in [6.07, 6.45) is 0. The third-order valence-corrected chi connectivity index (χ3v) is 6.55. The maximum absolute atomic E-state index is 12.3. The second-order valence-electron chi connectivity index (χ2n) is 6.04. The minimum Gasteiger partial charge on any atom is -0.304 e. The minimum absolute atomic E-state index is 0.117. The van der Waals surface area contributed by atoms with Crippen molar-refractivity contribution in [1.82, 2.24) is 10.0 Å². The van der Waals surface area contributed by atoms with Gasteiger partial charge in [-0.05, 0) is 38.5 Å². The molecule has 7 heteroatoms. The number of benzene rings is 1. The molecule has 2 aromatic rings. The molecule has 1 aromatic heterocycles. The van der Waals surface area contributed by atoms with E-state index in [2.05, 4.69) is 17.0 Å². The summed E-state index contributed by atoms with van der Waals surface area (Å²) in [5.74, 6) is 0. The van der Waals surface area contributed by atoms with Crippen molar-refractivity contribution in [2.24, 2.45) is 0 Å². The van der Waals surface area contributed by atoms with Crippen LogP contribution in [-0.2, 0) is 10.0 Å². The fourth-order valence-corrected chi connectivity index (χ4v) is 4.99. The Morgan fingerprint density at radius 2 is 1.83 bits per heavy atom. The minimum atomic E-state index is -3.53. The molecule has 1 aromatic carbocycles. The van der Waals surface area contributed by atoms with Crippen molar-refractivity contribution in [3.63, 3.8) is 0 Å². The van der Waals surface area contributed by atoms with Crippen LogP contribution in [0.1, 0.15) is 32.4 Å². The van der Waals surface area contributed by atoms with Crippen molar-refractivity contribution >= 4 is 33.0 Å². The van der Waals surface area contributed by atoms with Gasteiger partial charge in [0.1, 0.15) is 4.21 Å². The van der Waals surface area contributed by atoms with Crippen LogP contribution in [0.3, 0.4) is 0 Å². The second-order valence-corrected chi connectivity index (χ2v) is 9.75.